The van der Waals surface area contributed by atoms with E-state index in [0.717, 1.165) is 14.8 Å². The van der Waals surface area contributed by atoms with Crippen molar-refractivity contribution < 1.29 is 27.4 Å². The van der Waals surface area contributed by atoms with E-state index in [2.05, 4.69) is 5.10 Å². The number of ether oxygens (including phenoxy) is 2. The van der Waals surface area contributed by atoms with Crippen molar-refractivity contribution in [2.45, 2.75) is 77.7 Å². The molecule has 0 aliphatic carbocycles. The van der Waals surface area contributed by atoms with Crippen LogP contribution in [0.25, 0.3) is 11.3 Å². The molecule has 0 radical (unpaired) electrons. The van der Waals surface area contributed by atoms with Gasteiger partial charge in [0.15, 0.2) is 11.3 Å². The van der Waals surface area contributed by atoms with E-state index in [9.17, 15) is 27.6 Å². The summed E-state index contributed by atoms with van der Waals surface area (Å²) < 4.78 is 50.9. The molecule has 0 spiro atoms. The number of alkyl halides is 3. The third-order valence-electron chi connectivity index (χ3n) is 6.13. The quantitative estimate of drug-likeness (QED) is 0.212. The number of carbonyl (C=O) groups excluding carboxylic acids is 1. The van der Waals surface area contributed by atoms with Gasteiger partial charge in [0.05, 0.1) is 6.61 Å². The summed E-state index contributed by atoms with van der Waals surface area (Å²) in [5, 5.41) is 4.12. The Morgan fingerprint density at radius 2 is 1.68 bits per heavy atom. The number of aromatic nitrogens is 3. The summed E-state index contributed by atoms with van der Waals surface area (Å²) in [6.45, 7) is 5.06. The molecule has 0 saturated carbocycles. The normalized spacial score (nSPS) is 11.8. The lowest BCUT2D eigenvalue weighted by atomic mass is 10.1. The van der Waals surface area contributed by atoms with Crippen molar-refractivity contribution in [3.63, 3.8) is 0 Å². The van der Waals surface area contributed by atoms with Crippen molar-refractivity contribution in [1.82, 2.24) is 14.3 Å². The molecule has 1 heterocycles. The molecule has 1 aromatic heterocycles. The lowest BCUT2D eigenvalue weighted by Gasteiger charge is -2.24. The van der Waals surface area contributed by atoms with Gasteiger partial charge >= 0.3 is 17.8 Å². The molecule has 0 atom stereocenters. The van der Waals surface area contributed by atoms with Gasteiger partial charge in [-0.3, -0.25) is 9.36 Å². The van der Waals surface area contributed by atoms with E-state index in [1.54, 1.807) is 57.2 Å². The number of carbonyl (C=O) groups is 1. The number of aryl methyl sites for hydroxylation is 2. The minimum atomic E-state index is -4.35. The molecule has 0 saturated heterocycles. The van der Waals surface area contributed by atoms with Gasteiger partial charge in [0.25, 0.3) is 5.56 Å². The zero-order valence-corrected chi connectivity index (χ0v) is 22.9. The van der Waals surface area contributed by atoms with Crippen LogP contribution in [-0.2, 0) is 29.0 Å². The second kappa shape index (κ2) is 13.5. The van der Waals surface area contributed by atoms with Crippen LogP contribution < -0.4 is 16.0 Å². The van der Waals surface area contributed by atoms with Gasteiger partial charge in [0.2, 0.25) is 0 Å². The highest BCUT2D eigenvalue weighted by Crippen LogP contribution is 2.23. The van der Waals surface area contributed by atoms with Crippen molar-refractivity contribution in [2.24, 2.45) is 0 Å². The summed E-state index contributed by atoms with van der Waals surface area (Å²) >= 11 is 0. The fourth-order valence-electron chi connectivity index (χ4n) is 4.11. The number of esters is 1. The van der Waals surface area contributed by atoms with E-state index in [1.165, 1.54) is 0 Å². The number of nitrogens with zero attached hydrogens (tertiary/aromatic N) is 3. The minimum Gasteiger partial charge on any atom is -0.476 e. The second-order valence-corrected chi connectivity index (χ2v) is 9.83. The van der Waals surface area contributed by atoms with Crippen LogP contribution in [0, 0.1) is 0 Å². The summed E-state index contributed by atoms with van der Waals surface area (Å²) in [5.41, 5.74) is -1.04. The van der Waals surface area contributed by atoms with Crippen molar-refractivity contribution in [3.8, 4) is 17.0 Å². The zero-order chi connectivity index (χ0) is 29.3. The van der Waals surface area contributed by atoms with Crippen LogP contribution in [0.5, 0.6) is 5.75 Å². The number of hydrogen-bond acceptors (Lipinski definition) is 6. The van der Waals surface area contributed by atoms with E-state index < -0.39 is 35.4 Å². The first-order chi connectivity index (χ1) is 18.9. The largest absolute Gasteiger partial charge is 0.476 e. The van der Waals surface area contributed by atoms with Crippen LogP contribution in [-0.4, -0.2) is 38.7 Å². The van der Waals surface area contributed by atoms with E-state index in [4.69, 9.17) is 9.47 Å². The minimum absolute atomic E-state index is 0.0151. The summed E-state index contributed by atoms with van der Waals surface area (Å²) in [7, 11) is 0. The molecule has 0 unspecified atom stereocenters. The molecule has 11 heteroatoms. The number of hydrogen-bond donors (Lipinski definition) is 0. The number of halogens is 3. The van der Waals surface area contributed by atoms with E-state index in [-0.39, 0.29) is 31.8 Å². The first-order valence-electron chi connectivity index (χ1n) is 13.2. The van der Waals surface area contributed by atoms with Crippen LogP contribution in [0.3, 0.4) is 0 Å². The molecule has 0 amide bonds. The first-order valence-corrected chi connectivity index (χ1v) is 13.2. The van der Waals surface area contributed by atoms with E-state index >= 15 is 0 Å². The fraction of sp³-hybridized carbons (Fsp3) is 0.448. The molecular weight excluding hydrogens is 527 g/mol. The maximum absolute atomic E-state index is 13.2. The second-order valence-electron chi connectivity index (χ2n) is 9.83. The van der Waals surface area contributed by atoms with Gasteiger partial charge in [0.1, 0.15) is 5.75 Å². The molecule has 0 aliphatic rings. The SMILES string of the molecule is CCOC(=O)C(C)(C)Oc1cccc(CCCCn2c(=O)c(-c3ccccc3)nn(CCCC(F)(F)F)c2=O)c1. The Bertz CT molecular complexity index is 1400. The van der Waals surface area contributed by atoms with Gasteiger partial charge in [0, 0.05) is 25.1 Å². The Kier molecular flexibility index (Phi) is 10.3. The van der Waals surface area contributed by atoms with Gasteiger partial charge in [-0.1, -0.05) is 42.5 Å². The highest BCUT2D eigenvalue weighted by Gasteiger charge is 2.31. The fourth-order valence-corrected chi connectivity index (χ4v) is 4.11. The van der Waals surface area contributed by atoms with Gasteiger partial charge in [-0.05, 0) is 64.2 Å². The molecular formula is C29H34F3N3O5. The van der Waals surface area contributed by atoms with Crippen LogP contribution in [0.1, 0.15) is 52.0 Å². The topological polar surface area (TPSA) is 92.4 Å². The maximum Gasteiger partial charge on any atom is 0.389 e. The maximum atomic E-state index is 13.2. The van der Waals surface area contributed by atoms with Gasteiger partial charge < -0.3 is 9.47 Å². The summed E-state index contributed by atoms with van der Waals surface area (Å²) in [4.78, 5) is 38.3. The average molecular weight is 562 g/mol. The smallest absolute Gasteiger partial charge is 0.389 e. The Morgan fingerprint density at radius 1 is 0.950 bits per heavy atom. The predicted octanol–water partition coefficient (Wildman–Crippen LogP) is 5.16. The highest BCUT2D eigenvalue weighted by molar-refractivity contribution is 5.79. The predicted molar refractivity (Wildman–Crippen MR) is 144 cm³/mol. The number of unbranched alkanes of at least 4 members (excludes halogenated alkanes) is 1. The van der Waals surface area contributed by atoms with E-state index in [1.807, 2.05) is 18.2 Å². The van der Waals surface area contributed by atoms with Gasteiger partial charge in [-0.25, -0.2) is 14.3 Å². The average Bonchev–Trinajstić information content (AvgIpc) is 2.89. The molecule has 216 valence electrons. The van der Waals surface area contributed by atoms with Crippen LogP contribution in [0.4, 0.5) is 13.2 Å². The van der Waals surface area contributed by atoms with Crippen molar-refractivity contribution in [2.75, 3.05) is 6.61 Å². The van der Waals surface area contributed by atoms with Crippen molar-refractivity contribution >= 4 is 5.97 Å². The third-order valence-corrected chi connectivity index (χ3v) is 6.13. The van der Waals surface area contributed by atoms with Crippen LogP contribution >= 0.6 is 0 Å². The Balaban J connectivity index is 1.72. The van der Waals surface area contributed by atoms with Crippen LogP contribution in [0.2, 0.25) is 0 Å². The molecule has 8 nitrogen and oxygen atoms in total. The van der Waals surface area contributed by atoms with Gasteiger partial charge in [-0.15, -0.1) is 0 Å². The number of rotatable bonds is 13. The molecule has 0 N–H and O–H groups in total. The molecule has 0 fully saturated rings. The summed E-state index contributed by atoms with van der Waals surface area (Å²) in [5.74, 6) is 0.0392. The van der Waals surface area contributed by atoms with Crippen molar-refractivity contribution in [1.29, 1.82) is 0 Å². The van der Waals surface area contributed by atoms with Gasteiger partial charge in [-0.2, -0.15) is 18.3 Å². The molecule has 40 heavy (non-hydrogen) atoms. The molecule has 0 bridgehead atoms. The monoisotopic (exact) mass is 561 g/mol. The number of benzene rings is 2. The summed E-state index contributed by atoms with van der Waals surface area (Å²) in [6, 6.07) is 15.8. The molecule has 0 aliphatic heterocycles. The molecule has 2 aromatic carbocycles. The van der Waals surface area contributed by atoms with Crippen molar-refractivity contribution in [3.05, 3.63) is 81.0 Å². The lowest BCUT2D eigenvalue weighted by molar-refractivity contribution is -0.158. The Labute approximate surface area is 230 Å². The zero-order valence-electron chi connectivity index (χ0n) is 22.9. The van der Waals surface area contributed by atoms with Crippen LogP contribution in [0.15, 0.2) is 64.2 Å². The third kappa shape index (κ3) is 8.56. The highest BCUT2D eigenvalue weighted by atomic mass is 19.4. The van der Waals surface area contributed by atoms with E-state index in [0.29, 0.717) is 30.6 Å². The molecule has 3 aromatic rings. The Morgan fingerprint density at radius 3 is 2.35 bits per heavy atom. The standard InChI is InChI=1S/C29H34F3N3O5/c1-4-39-26(37)28(2,3)40-23-16-10-13-21(20-23)12-8-9-18-34-25(36)24(22-14-6-5-7-15-22)33-35(27(34)38)19-11-17-29(30,31)32/h5-7,10,13-16,20H,4,8-9,11-12,17-19H2,1-3H3. The first kappa shape index (κ1) is 30.6. The Hall–Kier alpha value is -3.89. The summed E-state index contributed by atoms with van der Waals surface area (Å²) in [6.07, 6.45) is -4.03. The lowest BCUT2D eigenvalue weighted by Crippen LogP contribution is -2.42. The molecule has 3 rings (SSSR count).